The standard InChI is InChI=1S/C12H12O3S.2C2H6/c1-15-12(14)11(13)8-2-4-9(5-3-8)16-10-6-7-10;2*1-2/h2-5,10H,6-7H2,1H3;2*1-2H3. The lowest BCUT2D eigenvalue weighted by Crippen LogP contribution is -2.15. The van der Waals surface area contributed by atoms with Gasteiger partial charge in [-0.05, 0) is 37.1 Å². The maximum absolute atomic E-state index is 11.4. The highest BCUT2D eigenvalue weighted by Gasteiger charge is 2.22. The third-order valence-electron chi connectivity index (χ3n) is 2.31. The first kappa shape index (κ1) is 18.7. The molecular formula is C16H24O3S. The molecule has 1 aliphatic rings. The summed E-state index contributed by atoms with van der Waals surface area (Å²) in [5, 5.41) is 0.738. The Morgan fingerprint density at radius 1 is 1.05 bits per heavy atom. The van der Waals surface area contributed by atoms with E-state index in [2.05, 4.69) is 4.74 Å². The highest BCUT2D eigenvalue weighted by atomic mass is 32.2. The molecule has 2 rings (SSSR count). The first-order valence-electron chi connectivity index (χ1n) is 7.10. The van der Waals surface area contributed by atoms with Crippen molar-refractivity contribution in [1.82, 2.24) is 0 Å². The van der Waals surface area contributed by atoms with Crippen molar-refractivity contribution in [3.63, 3.8) is 0 Å². The predicted octanol–water partition coefficient (Wildman–Crippen LogP) is 4.35. The Kier molecular flexibility index (Phi) is 9.82. The number of ether oxygens (including phenoxy) is 1. The van der Waals surface area contributed by atoms with E-state index in [9.17, 15) is 9.59 Å². The number of benzene rings is 1. The van der Waals surface area contributed by atoms with Gasteiger partial charge in [-0.15, -0.1) is 11.8 Å². The Morgan fingerprint density at radius 3 is 1.95 bits per heavy atom. The minimum absolute atomic E-state index is 0.381. The van der Waals surface area contributed by atoms with E-state index in [1.807, 2.05) is 51.6 Å². The van der Waals surface area contributed by atoms with Crippen molar-refractivity contribution < 1.29 is 14.3 Å². The van der Waals surface area contributed by atoms with Gasteiger partial charge in [-0.25, -0.2) is 4.79 Å². The first-order chi connectivity index (χ1) is 9.70. The van der Waals surface area contributed by atoms with Gasteiger partial charge in [0.2, 0.25) is 0 Å². The Bertz CT molecular complexity index is 408. The van der Waals surface area contributed by atoms with Crippen molar-refractivity contribution in [2.75, 3.05) is 7.11 Å². The molecule has 0 spiro atoms. The van der Waals surface area contributed by atoms with Crippen molar-refractivity contribution in [3.05, 3.63) is 29.8 Å². The van der Waals surface area contributed by atoms with Gasteiger partial charge in [0.1, 0.15) is 0 Å². The largest absolute Gasteiger partial charge is 0.463 e. The third-order valence-corrected chi connectivity index (χ3v) is 3.66. The molecule has 0 heterocycles. The Labute approximate surface area is 126 Å². The number of carbonyl (C=O) groups is 2. The highest BCUT2D eigenvalue weighted by molar-refractivity contribution is 8.00. The molecule has 112 valence electrons. The molecule has 0 aliphatic heterocycles. The first-order valence-corrected chi connectivity index (χ1v) is 7.98. The van der Waals surface area contributed by atoms with Crippen LogP contribution in [0.2, 0.25) is 0 Å². The molecule has 1 aromatic carbocycles. The quantitative estimate of drug-likeness (QED) is 0.471. The molecule has 0 bridgehead atoms. The molecule has 0 unspecified atom stereocenters. The molecule has 0 amide bonds. The van der Waals surface area contributed by atoms with Crippen LogP contribution in [0.25, 0.3) is 0 Å². The Morgan fingerprint density at radius 2 is 1.55 bits per heavy atom. The van der Waals surface area contributed by atoms with Crippen LogP contribution in [0.4, 0.5) is 0 Å². The average molecular weight is 296 g/mol. The Hall–Kier alpha value is -1.29. The molecule has 0 atom stereocenters. The van der Waals surface area contributed by atoms with Gasteiger partial charge in [0, 0.05) is 15.7 Å². The SMILES string of the molecule is CC.CC.COC(=O)C(=O)c1ccc(SC2CC2)cc1. The van der Waals surface area contributed by atoms with Crippen molar-refractivity contribution in [1.29, 1.82) is 0 Å². The van der Waals surface area contributed by atoms with Gasteiger partial charge < -0.3 is 4.74 Å². The van der Waals surface area contributed by atoms with E-state index in [-0.39, 0.29) is 0 Å². The highest BCUT2D eigenvalue weighted by Crippen LogP contribution is 2.38. The topological polar surface area (TPSA) is 43.4 Å². The summed E-state index contributed by atoms with van der Waals surface area (Å²) in [4.78, 5) is 23.6. The van der Waals surface area contributed by atoms with Crippen LogP contribution in [0.3, 0.4) is 0 Å². The second-order valence-electron chi connectivity index (χ2n) is 3.66. The number of esters is 1. The van der Waals surface area contributed by atoms with E-state index < -0.39 is 11.8 Å². The van der Waals surface area contributed by atoms with E-state index in [1.54, 1.807) is 12.1 Å². The number of methoxy groups -OCH3 is 1. The van der Waals surface area contributed by atoms with Gasteiger partial charge >= 0.3 is 5.97 Å². The fourth-order valence-corrected chi connectivity index (χ4v) is 2.32. The van der Waals surface area contributed by atoms with Crippen molar-refractivity contribution >= 4 is 23.5 Å². The minimum atomic E-state index is -0.817. The van der Waals surface area contributed by atoms with E-state index in [0.717, 1.165) is 10.1 Å². The summed E-state index contributed by atoms with van der Waals surface area (Å²) in [7, 11) is 1.21. The molecule has 0 N–H and O–H groups in total. The van der Waals surface area contributed by atoms with Crippen LogP contribution in [0.1, 0.15) is 50.9 Å². The average Bonchev–Trinajstić information content (AvgIpc) is 3.34. The predicted molar refractivity (Wildman–Crippen MR) is 84.4 cm³/mol. The van der Waals surface area contributed by atoms with Gasteiger partial charge in [0.15, 0.2) is 0 Å². The molecule has 1 fully saturated rings. The fraction of sp³-hybridized carbons (Fsp3) is 0.500. The zero-order valence-corrected chi connectivity index (χ0v) is 13.8. The molecule has 3 nitrogen and oxygen atoms in total. The summed E-state index contributed by atoms with van der Waals surface area (Å²) in [6.07, 6.45) is 2.54. The Balaban J connectivity index is 0.000000829. The van der Waals surface area contributed by atoms with Crippen LogP contribution in [-0.2, 0) is 9.53 Å². The van der Waals surface area contributed by atoms with Gasteiger partial charge in [0.05, 0.1) is 7.11 Å². The van der Waals surface area contributed by atoms with Crippen molar-refractivity contribution in [2.24, 2.45) is 0 Å². The number of ketones is 1. The zero-order valence-electron chi connectivity index (χ0n) is 12.9. The van der Waals surface area contributed by atoms with Crippen LogP contribution in [-0.4, -0.2) is 24.1 Å². The summed E-state index contributed by atoms with van der Waals surface area (Å²) >= 11 is 1.82. The maximum atomic E-state index is 11.4. The maximum Gasteiger partial charge on any atom is 0.379 e. The summed E-state index contributed by atoms with van der Waals surface area (Å²) in [6.45, 7) is 8.00. The summed E-state index contributed by atoms with van der Waals surface area (Å²) in [6, 6.07) is 7.09. The van der Waals surface area contributed by atoms with Crippen LogP contribution in [0.5, 0.6) is 0 Å². The van der Waals surface area contributed by atoms with Crippen LogP contribution in [0.15, 0.2) is 29.2 Å². The molecule has 20 heavy (non-hydrogen) atoms. The van der Waals surface area contributed by atoms with E-state index >= 15 is 0 Å². The number of rotatable bonds is 4. The number of carbonyl (C=O) groups excluding carboxylic acids is 2. The van der Waals surface area contributed by atoms with E-state index in [0.29, 0.717) is 5.56 Å². The van der Waals surface area contributed by atoms with E-state index in [4.69, 9.17) is 0 Å². The molecule has 0 radical (unpaired) electrons. The molecule has 1 aliphatic carbocycles. The van der Waals surface area contributed by atoms with Gasteiger partial charge in [0.25, 0.3) is 5.78 Å². The summed E-state index contributed by atoms with van der Waals surface area (Å²) in [5.41, 5.74) is 0.381. The smallest absolute Gasteiger partial charge is 0.379 e. The number of Topliss-reactive ketones (excluding diaryl/α,β-unsaturated/α-hetero) is 1. The summed E-state index contributed by atoms with van der Waals surface area (Å²) < 4.78 is 4.38. The van der Waals surface area contributed by atoms with Gasteiger partial charge in [-0.3, -0.25) is 4.79 Å². The fourth-order valence-electron chi connectivity index (χ4n) is 1.27. The lowest BCUT2D eigenvalue weighted by atomic mass is 10.1. The van der Waals surface area contributed by atoms with E-state index in [1.165, 1.54) is 20.0 Å². The normalized spacial score (nSPS) is 12.2. The molecule has 0 saturated heterocycles. The summed E-state index contributed by atoms with van der Waals surface area (Å²) in [5.74, 6) is -1.41. The lowest BCUT2D eigenvalue weighted by molar-refractivity contribution is -0.135. The number of thioether (sulfide) groups is 1. The number of hydrogen-bond donors (Lipinski definition) is 0. The monoisotopic (exact) mass is 296 g/mol. The third kappa shape index (κ3) is 6.24. The van der Waals surface area contributed by atoms with Crippen LogP contribution in [0, 0.1) is 0 Å². The number of hydrogen-bond acceptors (Lipinski definition) is 4. The van der Waals surface area contributed by atoms with Crippen LogP contribution < -0.4 is 0 Å². The van der Waals surface area contributed by atoms with Crippen LogP contribution >= 0.6 is 11.8 Å². The molecule has 4 heteroatoms. The molecule has 1 aromatic rings. The second kappa shape index (κ2) is 10.5. The molecular weight excluding hydrogens is 272 g/mol. The van der Waals surface area contributed by atoms with Crippen molar-refractivity contribution in [2.45, 2.75) is 50.7 Å². The van der Waals surface area contributed by atoms with Gasteiger partial charge in [-0.2, -0.15) is 0 Å². The zero-order chi connectivity index (χ0) is 15.5. The van der Waals surface area contributed by atoms with Crippen molar-refractivity contribution in [3.8, 4) is 0 Å². The second-order valence-corrected chi connectivity index (χ2v) is 5.04. The molecule has 0 aromatic heterocycles. The van der Waals surface area contributed by atoms with Gasteiger partial charge in [-0.1, -0.05) is 27.7 Å². The lowest BCUT2D eigenvalue weighted by Gasteiger charge is -2.01. The minimum Gasteiger partial charge on any atom is -0.463 e. The molecule has 1 saturated carbocycles.